The van der Waals surface area contributed by atoms with E-state index in [0.717, 1.165) is 0 Å². The van der Waals surface area contributed by atoms with Crippen LogP contribution in [-0.4, -0.2) is 155 Å². The molecule has 0 fully saturated rings. The molecule has 2 aromatic carbocycles. The second kappa shape index (κ2) is 19.7. The fourth-order valence-electron chi connectivity index (χ4n) is 4.58. The minimum atomic E-state index is -6.18. The Kier molecular flexibility index (Phi) is 18.0. The fourth-order valence-corrected chi connectivity index (χ4v) is 23.2. The Bertz CT molecular complexity index is 2970. The molecule has 0 bridgehead atoms. The van der Waals surface area contributed by atoms with E-state index in [0.29, 0.717) is 0 Å². The molecule has 0 aliphatic heterocycles. The molecule has 2 rings (SSSR count). The zero-order valence-electron chi connectivity index (χ0n) is 33.1. The maximum absolute atomic E-state index is 13.8. The van der Waals surface area contributed by atoms with Gasteiger partial charge in [-0.3, -0.25) is 41.8 Å². The van der Waals surface area contributed by atoms with E-state index in [-0.39, 0.29) is 71.1 Å². The molecule has 0 aliphatic rings. The second-order valence-corrected chi connectivity index (χ2v) is 29.0. The Hall–Kier alpha value is -1.76. The molecule has 0 saturated heterocycles. The first-order valence-corrected chi connectivity index (χ1v) is 30.9. The van der Waals surface area contributed by atoms with Gasteiger partial charge in [-0.2, -0.15) is 84.2 Å². The summed E-state index contributed by atoms with van der Waals surface area (Å²) in [6.07, 6.45) is 0. The zero-order valence-corrected chi connectivity index (χ0v) is 42.9. The molecule has 370 valence electrons. The number of hydrogen-bond donors (Lipinski definition) is 0. The van der Waals surface area contributed by atoms with Gasteiger partial charge in [0, 0.05) is 0 Å². The first kappa shape index (κ1) is 58.4. The van der Waals surface area contributed by atoms with Gasteiger partial charge < -0.3 is 0 Å². The van der Waals surface area contributed by atoms with Crippen molar-refractivity contribution < 1.29 is 126 Å². The van der Waals surface area contributed by atoms with E-state index in [1.54, 1.807) is 0 Å². The minimum Gasteiger partial charge on any atom is -0.270 e. The van der Waals surface area contributed by atoms with E-state index >= 15 is 0 Å². The highest BCUT2D eigenvalue weighted by Gasteiger charge is 2.51. The average molecular weight is 1160 g/mol. The molecule has 0 heterocycles. The molecule has 30 nitrogen and oxygen atoms in total. The lowest BCUT2D eigenvalue weighted by Crippen LogP contribution is -2.26. The van der Waals surface area contributed by atoms with Crippen molar-refractivity contribution in [3.8, 4) is 0 Å². The normalized spacial score (nSPS) is 14.2. The summed E-state index contributed by atoms with van der Waals surface area (Å²) in [6, 6.07) is 0. The van der Waals surface area contributed by atoms with E-state index < -0.39 is 182 Å². The van der Waals surface area contributed by atoms with Crippen molar-refractivity contribution in [1.29, 1.82) is 0 Å². The van der Waals surface area contributed by atoms with Crippen LogP contribution in [0.25, 0.3) is 0 Å². The van der Waals surface area contributed by atoms with Crippen molar-refractivity contribution >= 4 is 123 Å². The molecule has 0 radical (unpaired) electrons. The van der Waals surface area contributed by atoms with Crippen LogP contribution in [0.5, 0.6) is 0 Å². The summed E-state index contributed by atoms with van der Waals surface area (Å²) in [7, 11) is -61.3. The van der Waals surface area contributed by atoms with Gasteiger partial charge in [-0.05, 0) is 21.6 Å². The third kappa shape index (κ3) is 10.6. The van der Waals surface area contributed by atoms with Crippen LogP contribution in [0.3, 0.4) is 0 Å². The van der Waals surface area contributed by atoms with Gasteiger partial charge in [0.05, 0.1) is 80.9 Å². The Balaban J connectivity index is 4.13. The van der Waals surface area contributed by atoms with Crippen LogP contribution in [0, 0.1) is 0 Å². The molecule has 2 aromatic rings. The molecule has 0 aromatic heterocycles. The topological polar surface area (TPSA) is 434 Å². The summed E-state index contributed by atoms with van der Waals surface area (Å²) in [5.41, 5.74) is 0. The summed E-state index contributed by atoms with van der Waals surface area (Å²) >= 11 is 0. The third-order valence-electron chi connectivity index (χ3n) is 7.38. The molecule has 0 atom stereocenters. The van der Waals surface area contributed by atoms with E-state index in [2.05, 4.69) is 41.8 Å². The quantitative estimate of drug-likeness (QED) is 0.0844. The molecule has 0 N–H and O–H groups in total. The Morgan fingerprint density at radius 1 is 0.203 bits per heavy atom. The predicted octanol–water partition coefficient (Wildman–Crippen LogP) is -2.16. The minimum absolute atomic E-state index is 0.209. The van der Waals surface area contributed by atoms with E-state index in [4.69, 9.17) is 0 Å². The van der Waals surface area contributed by atoms with Crippen LogP contribution >= 0.6 is 21.6 Å². The molecule has 64 heavy (non-hydrogen) atoms. The van der Waals surface area contributed by atoms with Gasteiger partial charge in [0.1, 0.15) is 49.0 Å². The fraction of sp³-hybridized carbons (Fsp3) is 0.455. The van der Waals surface area contributed by atoms with Gasteiger partial charge in [0.2, 0.25) is 0 Å². The van der Waals surface area contributed by atoms with Crippen LogP contribution in [0.15, 0.2) is 58.7 Å². The monoisotopic (exact) mass is 1160 g/mol. The lowest BCUT2D eigenvalue weighted by molar-refractivity contribution is 0.361. The summed E-state index contributed by atoms with van der Waals surface area (Å²) in [4.78, 5) is -27.9. The summed E-state index contributed by atoms with van der Waals surface area (Å²) in [6.45, 7) is 0. The van der Waals surface area contributed by atoms with E-state index in [9.17, 15) is 84.2 Å². The van der Waals surface area contributed by atoms with Gasteiger partial charge >= 0.3 is 0 Å². The largest absolute Gasteiger partial charge is 0.299 e. The standard InChI is InChI=1S/C22H30O30S12/c1-43-55(23,24)13-11(14(56(25,26)44-2)18(60(33,34)48-6)21(63(39,40)51-9)17(13)59(31,32)47-5)53-54-12-15(57(27,28)45-3)19(61(35,36)49-7)22(64(41,42)52-10)20(62(37,38)50-8)16(12)58(29,30)46-4/h1-10H3. The first-order chi connectivity index (χ1) is 28.8. The van der Waals surface area contributed by atoms with Gasteiger partial charge in [-0.1, -0.05) is 0 Å². The highest BCUT2D eigenvalue weighted by Crippen LogP contribution is 2.56. The highest BCUT2D eigenvalue weighted by molar-refractivity contribution is 8.76. The third-order valence-corrected chi connectivity index (χ3v) is 24.9. The molecule has 0 unspecified atom stereocenters. The van der Waals surface area contributed by atoms with Crippen molar-refractivity contribution in [1.82, 2.24) is 0 Å². The lowest BCUT2D eigenvalue weighted by atomic mass is 10.3. The molecule has 0 amide bonds. The van der Waals surface area contributed by atoms with Gasteiger partial charge in [0.15, 0.2) is 0 Å². The average Bonchev–Trinajstić information content (AvgIpc) is 3.23. The second-order valence-electron chi connectivity index (χ2n) is 10.3. The van der Waals surface area contributed by atoms with E-state index in [1.165, 1.54) is 0 Å². The van der Waals surface area contributed by atoms with Crippen LogP contribution in [-0.2, 0) is 143 Å². The number of benzene rings is 2. The summed E-state index contributed by atoms with van der Waals surface area (Å²) in [5, 5.41) is 0. The van der Waals surface area contributed by atoms with Crippen molar-refractivity contribution in [3.05, 3.63) is 0 Å². The summed E-state index contributed by atoms with van der Waals surface area (Å²) in [5.74, 6) is 0. The van der Waals surface area contributed by atoms with Crippen LogP contribution < -0.4 is 0 Å². The number of hydrogen-bond acceptors (Lipinski definition) is 32. The lowest BCUT2D eigenvalue weighted by Gasteiger charge is -2.24. The molecule has 42 heteroatoms. The van der Waals surface area contributed by atoms with Gasteiger partial charge in [0.25, 0.3) is 101 Å². The zero-order chi connectivity index (χ0) is 50.4. The van der Waals surface area contributed by atoms with Crippen LogP contribution in [0.1, 0.15) is 0 Å². The first-order valence-electron chi connectivity index (χ1n) is 14.7. The highest BCUT2D eigenvalue weighted by atomic mass is 33.1. The Morgan fingerprint density at radius 2 is 0.297 bits per heavy atom. The van der Waals surface area contributed by atoms with Crippen molar-refractivity contribution in [2.45, 2.75) is 58.7 Å². The molecular weight excluding hydrogens is 1130 g/mol. The SMILES string of the molecule is COS(=O)(=O)c1c(SSc2c(S(=O)(=O)OC)c(S(=O)(=O)OC)c(S(=O)(=O)OC)c(S(=O)(=O)OC)c2S(=O)(=O)OC)c(S(=O)(=O)OC)c(S(=O)(=O)OC)c(S(=O)(=O)OC)c1S(=O)(=O)OC. The van der Waals surface area contributed by atoms with Crippen molar-refractivity contribution in [2.75, 3.05) is 71.1 Å². The van der Waals surface area contributed by atoms with Crippen molar-refractivity contribution in [2.24, 2.45) is 0 Å². The maximum Gasteiger partial charge on any atom is 0.299 e. The van der Waals surface area contributed by atoms with Crippen LogP contribution in [0.4, 0.5) is 0 Å². The van der Waals surface area contributed by atoms with Gasteiger partial charge in [-0.25, -0.2) is 0 Å². The molecular formula is C22H30O30S12. The predicted molar refractivity (Wildman–Crippen MR) is 207 cm³/mol. The summed E-state index contributed by atoms with van der Waals surface area (Å²) < 4.78 is 317. The number of rotatable bonds is 23. The Labute approximate surface area is 375 Å². The smallest absolute Gasteiger partial charge is 0.270 e. The van der Waals surface area contributed by atoms with Crippen LogP contribution in [0.2, 0.25) is 0 Å². The molecule has 0 spiro atoms. The Morgan fingerprint density at radius 3 is 0.406 bits per heavy atom. The molecule has 0 aliphatic carbocycles. The van der Waals surface area contributed by atoms with E-state index in [1.807, 2.05) is 0 Å². The van der Waals surface area contributed by atoms with Gasteiger partial charge in [-0.15, -0.1) is 0 Å². The maximum atomic E-state index is 13.8. The van der Waals surface area contributed by atoms with Crippen molar-refractivity contribution in [3.63, 3.8) is 0 Å². The molecule has 0 saturated carbocycles.